The summed E-state index contributed by atoms with van der Waals surface area (Å²) in [7, 11) is 0. The molecule has 0 radical (unpaired) electrons. The molecule has 0 spiro atoms. The molecule has 0 unspecified atom stereocenters. The fourth-order valence-electron chi connectivity index (χ4n) is 3.01. The van der Waals surface area contributed by atoms with Crippen LogP contribution in [0.15, 0.2) is 18.2 Å². The van der Waals surface area contributed by atoms with Crippen molar-refractivity contribution in [3.05, 3.63) is 34.9 Å². The Kier molecular flexibility index (Phi) is 4.64. The van der Waals surface area contributed by atoms with Crippen molar-refractivity contribution in [3.63, 3.8) is 0 Å². The van der Waals surface area contributed by atoms with Gasteiger partial charge in [-0.3, -0.25) is 0 Å². The molecule has 106 valence electrons. The molecule has 0 aliphatic carbocycles. The predicted molar refractivity (Wildman–Crippen MR) is 80.8 cm³/mol. The quantitative estimate of drug-likeness (QED) is 0.897. The summed E-state index contributed by atoms with van der Waals surface area (Å²) >= 11 is 0. The number of benzene rings is 1. The highest BCUT2D eigenvalue weighted by Crippen LogP contribution is 2.35. The molecule has 19 heavy (non-hydrogen) atoms. The molecule has 1 fully saturated rings. The van der Waals surface area contributed by atoms with Gasteiger partial charge in [0.25, 0.3) is 0 Å². The van der Waals surface area contributed by atoms with Gasteiger partial charge in [-0.1, -0.05) is 43.2 Å². The van der Waals surface area contributed by atoms with Gasteiger partial charge in [-0.25, -0.2) is 0 Å². The monoisotopic (exact) mass is 261 g/mol. The van der Waals surface area contributed by atoms with Crippen LogP contribution < -0.4 is 5.32 Å². The van der Waals surface area contributed by atoms with Crippen molar-refractivity contribution in [2.45, 2.75) is 52.0 Å². The second-order valence-corrected chi connectivity index (χ2v) is 6.30. The van der Waals surface area contributed by atoms with Crippen LogP contribution in [0, 0.1) is 13.8 Å². The molecule has 2 nitrogen and oxygen atoms in total. The van der Waals surface area contributed by atoms with Gasteiger partial charge in [0, 0.05) is 31.2 Å². The molecular weight excluding hydrogens is 234 g/mol. The average molecular weight is 261 g/mol. The van der Waals surface area contributed by atoms with Crippen LogP contribution in [0.25, 0.3) is 0 Å². The first kappa shape index (κ1) is 14.5. The first-order chi connectivity index (χ1) is 9.02. The summed E-state index contributed by atoms with van der Waals surface area (Å²) in [6.45, 7) is 11.6. The van der Waals surface area contributed by atoms with Crippen molar-refractivity contribution < 1.29 is 4.74 Å². The van der Waals surface area contributed by atoms with E-state index in [-0.39, 0.29) is 5.41 Å². The molecule has 1 aromatic carbocycles. The van der Waals surface area contributed by atoms with E-state index in [0.717, 1.165) is 32.6 Å². The van der Waals surface area contributed by atoms with E-state index in [4.69, 9.17) is 4.74 Å². The summed E-state index contributed by atoms with van der Waals surface area (Å²) in [6.07, 6.45) is 2.24. The Bertz CT molecular complexity index is 399. The fourth-order valence-corrected chi connectivity index (χ4v) is 3.01. The summed E-state index contributed by atoms with van der Waals surface area (Å²) in [5.74, 6) is 0. The van der Waals surface area contributed by atoms with Crippen LogP contribution in [0.1, 0.15) is 43.4 Å². The molecular formula is C17H27NO. The van der Waals surface area contributed by atoms with Crippen LogP contribution in [0.4, 0.5) is 0 Å². The Balaban J connectivity index is 2.30. The summed E-state index contributed by atoms with van der Waals surface area (Å²) in [4.78, 5) is 0. The van der Waals surface area contributed by atoms with Crippen LogP contribution in [0.3, 0.4) is 0 Å². The lowest BCUT2D eigenvalue weighted by Crippen LogP contribution is -2.44. The maximum absolute atomic E-state index is 5.59. The summed E-state index contributed by atoms with van der Waals surface area (Å²) in [5.41, 5.74) is 4.47. The minimum absolute atomic E-state index is 0.249. The van der Waals surface area contributed by atoms with Gasteiger partial charge in [-0.05, 0) is 32.3 Å². The maximum atomic E-state index is 5.59. The number of rotatable bonds is 4. The molecule has 0 saturated carbocycles. The smallest absolute Gasteiger partial charge is 0.0475 e. The second-order valence-electron chi connectivity index (χ2n) is 6.30. The topological polar surface area (TPSA) is 21.3 Å². The van der Waals surface area contributed by atoms with E-state index >= 15 is 0 Å². The lowest BCUT2D eigenvalue weighted by molar-refractivity contribution is 0.0492. The summed E-state index contributed by atoms with van der Waals surface area (Å²) in [5, 5.41) is 3.64. The van der Waals surface area contributed by atoms with Crippen molar-refractivity contribution >= 4 is 0 Å². The van der Waals surface area contributed by atoms with Gasteiger partial charge in [0.1, 0.15) is 0 Å². The van der Waals surface area contributed by atoms with E-state index < -0.39 is 0 Å². The van der Waals surface area contributed by atoms with Crippen LogP contribution in [-0.4, -0.2) is 25.8 Å². The summed E-state index contributed by atoms with van der Waals surface area (Å²) < 4.78 is 5.59. The van der Waals surface area contributed by atoms with E-state index in [1.165, 1.54) is 16.7 Å². The lowest BCUT2D eigenvalue weighted by atomic mass is 9.73. The highest BCUT2D eigenvalue weighted by Gasteiger charge is 2.34. The highest BCUT2D eigenvalue weighted by atomic mass is 16.5. The molecule has 0 amide bonds. The van der Waals surface area contributed by atoms with Crippen molar-refractivity contribution in [2.24, 2.45) is 0 Å². The Morgan fingerprint density at radius 2 is 1.68 bits per heavy atom. The lowest BCUT2D eigenvalue weighted by Gasteiger charge is -2.39. The minimum atomic E-state index is 0.249. The van der Waals surface area contributed by atoms with Gasteiger partial charge >= 0.3 is 0 Å². The summed E-state index contributed by atoms with van der Waals surface area (Å²) in [6, 6.07) is 7.51. The Labute approximate surface area is 117 Å². The van der Waals surface area contributed by atoms with Gasteiger partial charge in [0.05, 0.1) is 0 Å². The molecule has 2 rings (SSSR count). The molecule has 2 heteroatoms. The van der Waals surface area contributed by atoms with Crippen LogP contribution in [0.2, 0.25) is 0 Å². The Morgan fingerprint density at radius 1 is 1.11 bits per heavy atom. The molecule has 0 aromatic heterocycles. The van der Waals surface area contributed by atoms with Crippen molar-refractivity contribution in [2.75, 3.05) is 19.8 Å². The zero-order valence-electron chi connectivity index (χ0n) is 12.8. The molecule has 1 aromatic rings. The molecule has 1 aliphatic rings. The molecule has 0 bridgehead atoms. The standard InChI is InChI=1S/C17H27NO/c1-13(2)18-12-17(5-7-19-8-6-17)16-10-14(3)9-15(4)11-16/h9-11,13,18H,5-8,12H2,1-4H3. The van der Waals surface area contributed by atoms with Gasteiger partial charge in [0.15, 0.2) is 0 Å². The number of aryl methyl sites for hydroxylation is 2. The van der Waals surface area contributed by atoms with E-state index in [1.807, 2.05) is 0 Å². The van der Waals surface area contributed by atoms with E-state index in [0.29, 0.717) is 6.04 Å². The SMILES string of the molecule is Cc1cc(C)cc(C2(CNC(C)C)CCOCC2)c1. The molecule has 0 atom stereocenters. The average Bonchev–Trinajstić information content (AvgIpc) is 2.36. The van der Waals surface area contributed by atoms with Gasteiger partial charge in [0.2, 0.25) is 0 Å². The molecule has 1 N–H and O–H groups in total. The zero-order chi connectivity index (χ0) is 13.9. The highest BCUT2D eigenvalue weighted by molar-refractivity contribution is 5.35. The van der Waals surface area contributed by atoms with Crippen molar-refractivity contribution in [1.82, 2.24) is 5.32 Å². The predicted octanol–water partition coefficient (Wildman–Crippen LogP) is 3.35. The first-order valence-corrected chi connectivity index (χ1v) is 7.42. The fraction of sp³-hybridized carbons (Fsp3) is 0.647. The second kappa shape index (κ2) is 6.06. The van der Waals surface area contributed by atoms with Gasteiger partial charge < -0.3 is 10.1 Å². The number of nitrogens with one attached hydrogen (secondary N) is 1. The molecule has 1 heterocycles. The molecule has 1 aliphatic heterocycles. The van der Waals surface area contributed by atoms with Crippen LogP contribution in [0.5, 0.6) is 0 Å². The maximum Gasteiger partial charge on any atom is 0.0475 e. The van der Waals surface area contributed by atoms with Gasteiger partial charge in [-0.2, -0.15) is 0 Å². The molecule has 1 saturated heterocycles. The normalized spacial score (nSPS) is 18.8. The third kappa shape index (κ3) is 3.58. The van der Waals surface area contributed by atoms with Gasteiger partial charge in [-0.15, -0.1) is 0 Å². The van der Waals surface area contributed by atoms with E-state index in [2.05, 4.69) is 51.2 Å². The third-order valence-corrected chi connectivity index (χ3v) is 4.13. The Morgan fingerprint density at radius 3 is 2.21 bits per heavy atom. The first-order valence-electron chi connectivity index (χ1n) is 7.42. The number of hydrogen-bond donors (Lipinski definition) is 1. The van der Waals surface area contributed by atoms with Crippen LogP contribution >= 0.6 is 0 Å². The Hall–Kier alpha value is -0.860. The number of ether oxygens (including phenoxy) is 1. The van der Waals surface area contributed by atoms with Crippen molar-refractivity contribution in [3.8, 4) is 0 Å². The number of hydrogen-bond acceptors (Lipinski definition) is 2. The largest absolute Gasteiger partial charge is 0.381 e. The van der Waals surface area contributed by atoms with E-state index in [1.54, 1.807) is 0 Å². The van der Waals surface area contributed by atoms with E-state index in [9.17, 15) is 0 Å². The third-order valence-electron chi connectivity index (χ3n) is 4.13. The van der Waals surface area contributed by atoms with Crippen LogP contribution in [-0.2, 0) is 10.2 Å². The minimum Gasteiger partial charge on any atom is -0.381 e. The van der Waals surface area contributed by atoms with Crippen molar-refractivity contribution in [1.29, 1.82) is 0 Å². The zero-order valence-corrected chi connectivity index (χ0v) is 12.8.